The number of benzene rings is 1. The second-order valence-corrected chi connectivity index (χ2v) is 5.04. The molecule has 0 spiro atoms. The Balaban J connectivity index is 1.96. The lowest BCUT2D eigenvalue weighted by molar-refractivity contribution is -0.113. The first kappa shape index (κ1) is 14.4. The van der Waals surface area contributed by atoms with E-state index in [-0.39, 0.29) is 28.3 Å². The van der Waals surface area contributed by atoms with Crippen molar-refractivity contribution < 1.29 is 9.90 Å². The van der Waals surface area contributed by atoms with Gasteiger partial charge in [-0.1, -0.05) is 23.4 Å². The monoisotopic (exact) mass is 312 g/mol. The average Bonchev–Trinajstić information content (AvgIpc) is 2.41. The maximum atomic E-state index is 11.7. The zero-order chi connectivity index (χ0) is 14.5. The van der Waals surface area contributed by atoms with Crippen LogP contribution in [-0.2, 0) is 4.79 Å². The van der Waals surface area contributed by atoms with E-state index >= 15 is 0 Å². The van der Waals surface area contributed by atoms with Gasteiger partial charge >= 0.3 is 0 Å². The van der Waals surface area contributed by atoms with Crippen molar-refractivity contribution in [2.45, 2.75) is 5.16 Å². The highest BCUT2D eigenvalue weighted by Crippen LogP contribution is 2.26. The maximum Gasteiger partial charge on any atom is 0.270 e. The molecule has 3 N–H and O–H groups in total. The number of carbonyl (C=O) groups excluding carboxylic acids is 1. The standard InChI is InChI=1S/C11H9ClN4O3S/c12-6-1-2-8(17)7(3-6)14-10(19)5-20-11-15-9(18)4-13-16-11/h1-4,17H,5H2,(H,14,19)(H,15,16,18). The van der Waals surface area contributed by atoms with Crippen molar-refractivity contribution >= 4 is 35.0 Å². The molecular formula is C11H9ClN4O3S. The number of anilines is 1. The molecule has 0 saturated carbocycles. The Kier molecular flexibility index (Phi) is 4.59. The van der Waals surface area contributed by atoms with Crippen LogP contribution in [0.5, 0.6) is 5.75 Å². The van der Waals surface area contributed by atoms with Gasteiger partial charge in [0, 0.05) is 5.02 Å². The summed E-state index contributed by atoms with van der Waals surface area (Å²) in [5.74, 6) is -0.458. The number of phenols is 1. The van der Waals surface area contributed by atoms with Gasteiger partial charge in [0.1, 0.15) is 11.9 Å². The van der Waals surface area contributed by atoms with Crippen LogP contribution in [0, 0.1) is 0 Å². The third kappa shape index (κ3) is 3.97. The molecule has 0 aliphatic rings. The highest BCUT2D eigenvalue weighted by atomic mass is 35.5. The van der Waals surface area contributed by atoms with E-state index in [9.17, 15) is 14.7 Å². The summed E-state index contributed by atoms with van der Waals surface area (Å²) in [6.45, 7) is 0. The third-order valence-corrected chi connectivity index (χ3v) is 3.23. The number of carbonyl (C=O) groups is 1. The number of phenolic OH excluding ortho intramolecular Hbond substituents is 1. The summed E-state index contributed by atoms with van der Waals surface area (Å²) in [6.07, 6.45) is 1.04. The summed E-state index contributed by atoms with van der Waals surface area (Å²) < 4.78 is 0. The van der Waals surface area contributed by atoms with Gasteiger partial charge in [-0.25, -0.2) is 0 Å². The van der Waals surface area contributed by atoms with E-state index in [1.54, 1.807) is 0 Å². The summed E-state index contributed by atoms with van der Waals surface area (Å²) in [6, 6.07) is 4.32. The highest BCUT2D eigenvalue weighted by molar-refractivity contribution is 7.99. The van der Waals surface area contributed by atoms with E-state index in [0.717, 1.165) is 18.0 Å². The number of rotatable bonds is 4. The lowest BCUT2D eigenvalue weighted by Crippen LogP contribution is -2.15. The second kappa shape index (κ2) is 6.40. The summed E-state index contributed by atoms with van der Waals surface area (Å²) in [5.41, 5.74) is -0.175. The van der Waals surface area contributed by atoms with Gasteiger partial charge in [-0.15, -0.1) is 5.10 Å². The molecule has 0 saturated heterocycles. The number of aromatic amines is 1. The first-order valence-corrected chi connectivity index (χ1v) is 6.74. The van der Waals surface area contributed by atoms with Crippen LogP contribution in [-0.4, -0.2) is 31.9 Å². The fraction of sp³-hybridized carbons (Fsp3) is 0.0909. The molecule has 0 unspecified atom stereocenters. The van der Waals surface area contributed by atoms with E-state index in [4.69, 9.17) is 11.6 Å². The molecule has 2 aromatic rings. The Bertz CT molecular complexity index is 691. The maximum absolute atomic E-state index is 11.7. The van der Waals surface area contributed by atoms with Crippen LogP contribution in [0.4, 0.5) is 5.69 Å². The fourth-order valence-corrected chi connectivity index (χ4v) is 2.08. The first-order valence-electron chi connectivity index (χ1n) is 5.38. The van der Waals surface area contributed by atoms with Crippen molar-refractivity contribution in [2.24, 2.45) is 0 Å². The minimum atomic E-state index is -0.393. The van der Waals surface area contributed by atoms with E-state index in [1.165, 1.54) is 18.2 Å². The molecule has 1 aromatic heterocycles. The number of halogens is 1. The first-order chi connectivity index (χ1) is 9.54. The van der Waals surface area contributed by atoms with Crippen LogP contribution >= 0.6 is 23.4 Å². The van der Waals surface area contributed by atoms with Gasteiger partial charge in [0.25, 0.3) is 5.56 Å². The number of hydrogen-bond acceptors (Lipinski definition) is 6. The number of thioether (sulfide) groups is 1. The van der Waals surface area contributed by atoms with E-state index in [0.29, 0.717) is 5.02 Å². The number of H-pyrrole nitrogens is 1. The Labute approximate surface area is 122 Å². The SMILES string of the molecule is O=C(CSc1nncc(=O)[nH]1)Nc1cc(Cl)ccc1O. The number of hydrogen-bond donors (Lipinski definition) is 3. The van der Waals surface area contributed by atoms with Crippen LogP contribution in [0.15, 0.2) is 34.3 Å². The Hall–Kier alpha value is -2.06. The molecule has 0 radical (unpaired) electrons. The minimum absolute atomic E-state index is 0.000582. The molecule has 1 aromatic carbocycles. The van der Waals surface area contributed by atoms with Crippen LogP contribution in [0.3, 0.4) is 0 Å². The zero-order valence-electron chi connectivity index (χ0n) is 9.96. The highest BCUT2D eigenvalue weighted by Gasteiger charge is 2.08. The van der Waals surface area contributed by atoms with Crippen molar-refractivity contribution in [3.8, 4) is 5.75 Å². The number of nitrogens with one attached hydrogen (secondary N) is 2. The van der Waals surface area contributed by atoms with Gasteiger partial charge in [-0.05, 0) is 18.2 Å². The lowest BCUT2D eigenvalue weighted by atomic mass is 10.3. The number of aromatic nitrogens is 3. The van der Waals surface area contributed by atoms with Gasteiger partial charge < -0.3 is 10.4 Å². The molecule has 20 heavy (non-hydrogen) atoms. The van der Waals surface area contributed by atoms with Crippen molar-refractivity contribution in [2.75, 3.05) is 11.1 Å². The second-order valence-electron chi connectivity index (χ2n) is 3.64. The topological polar surface area (TPSA) is 108 Å². The fourth-order valence-electron chi connectivity index (χ4n) is 1.29. The van der Waals surface area contributed by atoms with Crippen molar-refractivity contribution in [3.63, 3.8) is 0 Å². The summed E-state index contributed by atoms with van der Waals surface area (Å²) in [4.78, 5) is 25.1. The Morgan fingerprint density at radius 1 is 1.50 bits per heavy atom. The number of amides is 1. The van der Waals surface area contributed by atoms with Crippen LogP contribution in [0.25, 0.3) is 0 Å². The molecule has 2 rings (SSSR count). The quantitative estimate of drug-likeness (QED) is 0.579. The normalized spacial score (nSPS) is 10.2. The van der Waals surface area contributed by atoms with E-state index < -0.39 is 5.56 Å². The van der Waals surface area contributed by atoms with E-state index in [1.807, 2.05) is 0 Å². The number of nitrogens with zero attached hydrogens (tertiary/aromatic N) is 2. The minimum Gasteiger partial charge on any atom is -0.506 e. The molecule has 7 nitrogen and oxygen atoms in total. The third-order valence-electron chi connectivity index (χ3n) is 2.13. The van der Waals surface area contributed by atoms with Gasteiger partial charge in [0.05, 0.1) is 11.4 Å². The predicted molar refractivity (Wildman–Crippen MR) is 75.1 cm³/mol. The van der Waals surface area contributed by atoms with Crippen LogP contribution in [0.2, 0.25) is 5.02 Å². The number of aromatic hydroxyl groups is 1. The summed E-state index contributed by atoms with van der Waals surface area (Å²) in [7, 11) is 0. The van der Waals surface area contributed by atoms with Gasteiger partial charge in [-0.2, -0.15) is 5.10 Å². The van der Waals surface area contributed by atoms with Gasteiger partial charge in [0.2, 0.25) is 5.91 Å². The summed E-state index contributed by atoms with van der Waals surface area (Å²) >= 11 is 6.78. The van der Waals surface area contributed by atoms with E-state index in [2.05, 4.69) is 20.5 Å². The largest absolute Gasteiger partial charge is 0.506 e. The average molecular weight is 313 g/mol. The molecule has 0 bridgehead atoms. The molecule has 0 aliphatic carbocycles. The van der Waals surface area contributed by atoms with Crippen LogP contribution < -0.4 is 10.9 Å². The smallest absolute Gasteiger partial charge is 0.270 e. The lowest BCUT2D eigenvalue weighted by Gasteiger charge is -2.07. The molecule has 1 amide bonds. The molecule has 0 atom stereocenters. The Morgan fingerprint density at radius 3 is 3.05 bits per heavy atom. The molecule has 0 fully saturated rings. The van der Waals surface area contributed by atoms with Crippen molar-refractivity contribution in [1.29, 1.82) is 0 Å². The molecule has 104 valence electrons. The van der Waals surface area contributed by atoms with Gasteiger partial charge in [-0.3, -0.25) is 14.6 Å². The molecule has 0 aliphatic heterocycles. The van der Waals surface area contributed by atoms with Crippen molar-refractivity contribution in [3.05, 3.63) is 39.8 Å². The predicted octanol–water partition coefficient (Wildman–Crippen LogP) is 1.25. The van der Waals surface area contributed by atoms with Crippen LogP contribution in [0.1, 0.15) is 0 Å². The molecule has 1 heterocycles. The van der Waals surface area contributed by atoms with Gasteiger partial charge in [0.15, 0.2) is 5.16 Å². The van der Waals surface area contributed by atoms with Crippen molar-refractivity contribution in [1.82, 2.24) is 15.2 Å². The zero-order valence-corrected chi connectivity index (χ0v) is 11.5. The molecular weight excluding hydrogens is 304 g/mol. The summed E-state index contributed by atoms with van der Waals surface area (Å²) in [5, 5.41) is 19.8. The Morgan fingerprint density at radius 2 is 2.30 bits per heavy atom. The molecule has 9 heteroatoms.